The average Bonchev–Trinajstić information content (AvgIpc) is 3.18. The minimum atomic E-state index is 0.0230. The summed E-state index contributed by atoms with van der Waals surface area (Å²) < 4.78 is 5.25. The topological polar surface area (TPSA) is 64.1 Å². The van der Waals surface area contributed by atoms with Gasteiger partial charge < -0.3 is 10.1 Å². The first-order chi connectivity index (χ1) is 13.7. The standard InChI is InChI=1S/C22H23N3O2S/c1-27-17-6-4-5-15(13-17)10-12-24-21(26)16-8-9-18-20(14-16)28-22(25-18)19-7-2-3-11-23-19/h2-7,11,13,16H,8-10,12,14H2,1H3,(H,24,26). The molecule has 0 spiro atoms. The fourth-order valence-corrected chi connectivity index (χ4v) is 4.66. The Morgan fingerprint density at radius 2 is 2.21 bits per heavy atom. The number of rotatable bonds is 6. The zero-order valence-corrected chi connectivity index (χ0v) is 16.7. The molecule has 3 aromatic rings. The van der Waals surface area contributed by atoms with Crippen LogP contribution >= 0.6 is 11.3 Å². The van der Waals surface area contributed by atoms with Gasteiger partial charge in [0.2, 0.25) is 5.91 Å². The summed E-state index contributed by atoms with van der Waals surface area (Å²) in [7, 11) is 1.66. The van der Waals surface area contributed by atoms with Crippen molar-refractivity contribution in [2.24, 2.45) is 5.92 Å². The molecule has 4 rings (SSSR count). The van der Waals surface area contributed by atoms with Crippen LogP contribution in [0.1, 0.15) is 22.6 Å². The second-order valence-corrected chi connectivity index (χ2v) is 8.02. The van der Waals surface area contributed by atoms with Crippen LogP contribution in [-0.2, 0) is 24.1 Å². The number of carbonyl (C=O) groups excluding carboxylic acids is 1. The molecule has 1 unspecified atom stereocenters. The lowest BCUT2D eigenvalue weighted by molar-refractivity contribution is -0.125. The zero-order valence-electron chi connectivity index (χ0n) is 15.9. The molecule has 1 N–H and O–H groups in total. The van der Waals surface area contributed by atoms with Gasteiger partial charge in [0.05, 0.1) is 18.5 Å². The number of aryl methyl sites for hydroxylation is 1. The quantitative estimate of drug-likeness (QED) is 0.694. The Kier molecular flexibility index (Phi) is 5.67. The molecule has 0 bridgehead atoms. The van der Waals surface area contributed by atoms with E-state index in [1.165, 1.54) is 4.88 Å². The van der Waals surface area contributed by atoms with E-state index in [9.17, 15) is 4.79 Å². The number of methoxy groups -OCH3 is 1. The second-order valence-electron chi connectivity index (χ2n) is 6.94. The normalized spacial score (nSPS) is 15.7. The SMILES string of the molecule is COc1cccc(CCNC(=O)C2CCc3nc(-c4ccccn4)sc3C2)c1. The van der Waals surface area contributed by atoms with E-state index < -0.39 is 0 Å². The van der Waals surface area contributed by atoms with E-state index in [0.717, 1.165) is 53.4 Å². The number of hydrogen-bond donors (Lipinski definition) is 1. The van der Waals surface area contributed by atoms with Crippen molar-refractivity contribution in [3.05, 3.63) is 64.8 Å². The number of nitrogens with one attached hydrogen (secondary N) is 1. The van der Waals surface area contributed by atoms with Crippen LogP contribution in [-0.4, -0.2) is 29.5 Å². The maximum atomic E-state index is 12.6. The third kappa shape index (κ3) is 4.22. The predicted octanol–water partition coefficient (Wildman–Crippen LogP) is 3.68. The summed E-state index contributed by atoms with van der Waals surface area (Å²) in [5, 5.41) is 4.05. The summed E-state index contributed by atoms with van der Waals surface area (Å²) in [5.74, 6) is 1.01. The van der Waals surface area contributed by atoms with Crippen LogP contribution in [0.25, 0.3) is 10.7 Å². The van der Waals surface area contributed by atoms with Crippen LogP contribution in [0.5, 0.6) is 5.75 Å². The maximum Gasteiger partial charge on any atom is 0.223 e. The Labute approximate surface area is 168 Å². The van der Waals surface area contributed by atoms with Crippen molar-refractivity contribution >= 4 is 17.2 Å². The van der Waals surface area contributed by atoms with Crippen LogP contribution in [0.3, 0.4) is 0 Å². The molecule has 0 saturated heterocycles. The van der Waals surface area contributed by atoms with Crippen LogP contribution in [0.4, 0.5) is 0 Å². The number of pyridine rings is 1. The van der Waals surface area contributed by atoms with Crippen LogP contribution in [0.2, 0.25) is 0 Å². The Morgan fingerprint density at radius 1 is 1.29 bits per heavy atom. The third-order valence-electron chi connectivity index (χ3n) is 5.04. The molecule has 1 aliphatic rings. The molecule has 28 heavy (non-hydrogen) atoms. The molecular formula is C22H23N3O2S. The summed E-state index contributed by atoms with van der Waals surface area (Å²) in [4.78, 5) is 23.0. The fraction of sp³-hybridized carbons (Fsp3) is 0.318. The van der Waals surface area contributed by atoms with Gasteiger partial charge in [0.1, 0.15) is 10.8 Å². The van der Waals surface area contributed by atoms with E-state index in [1.54, 1.807) is 24.6 Å². The van der Waals surface area contributed by atoms with E-state index in [4.69, 9.17) is 9.72 Å². The number of ether oxygens (including phenoxy) is 1. The second kappa shape index (κ2) is 8.52. The molecule has 6 heteroatoms. The molecule has 5 nitrogen and oxygen atoms in total. The summed E-state index contributed by atoms with van der Waals surface area (Å²) in [6.45, 7) is 0.636. The Bertz CT molecular complexity index is 955. The summed E-state index contributed by atoms with van der Waals surface area (Å²) >= 11 is 1.67. The van der Waals surface area contributed by atoms with Crippen molar-refractivity contribution in [1.82, 2.24) is 15.3 Å². The van der Waals surface area contributed by atoms with E-state index in [2.05, 4.69) is 16.4 Å². The van der Waals surface area contributed by atoms with E-state index >= 15 is 0 Å². The summed E-state index contributed by atoms with van der Waals surface area (Å²) in [6.07, 6.45) is 5.06. The van der Waals surface area contributed by atoms with Crippen LogP contribution < -0.4 is 10.1 Å². The van der Waals surface area contributed by atoms with Gasteiger partial charge in [-0.05, 0) is 55.5 Å². The maximum absolute atomic E-state index is 12.6. The molecule has 1 aromatic carbocycles. The highest BCUT2D eigenvalue weighted by atomic mass is 32.1. The largest absolute Gasteiger partial charge is 0.497 e. The zero-order chi connectivity index (χ0) is 19.3. The first-order valence-electron chi connectivity index (χ1n) is 9.53. The van der Waals surface area contributed by atoms with Crippen molar-refractivity contribution in [2.75, 3.05) is 13.7 Å². The molecule has 2 aromatic heterocycles. The molecule has 0 aliphatic heterocycles. The molecular weight excluding hydrogens is 370 g/mol. The highest BCUT2D eigenvalue weighted by molar-refractivity contribution is 7.15. The summed E-state index contributed by atoms with van der Waals surface area (Å²) in [5.41, 5.74) is 3.19. The molecule has 2 heterocycles. The molecule has 144 valence electrons. The number of carbonyl (C=O) groups is 1. The number of nitrogens with zero attached hydrogens (tertiary/aromatic N) is 2. The fourth-order valence-electron chi connectivity index (χ4n) is 3.50. The molecule has 0 fully saturated rings. The van der Waals surface area contributed by atoms with E-state index in [-0.39, 0.29) is 11.8 Å². The van der Waals surface area contributed by atoms with Gasteiger partial charge in [0.15, 0.2) is 0 Å². The minimum absolute atomic E-state index is 0.0230. The van der Waals surface area contributed by atoms with Crippen molar-refractivity contribution in [2.45, 2.75) is 25.7 Å². The first kappa shape index (κ1) is 18.6. The summed E-state index contributed by atoms with van der Waals surface area (Å²) in [6, 6.07) is 13.8. The van der Waals surface area contributed by atoms with Gasteiger partial charge in [0.25, 0.3) is 0 Å². The van der Waals surface area contributed by atoms with Crippen molar-refractivity contribution in [3.8, 4) is 16.5 Å². The van der Waals surface area contributed by atoms with Gasteiger partial charge in [-0.1, -0.05) is 18.2 Å². The smallest absolute Gasteiger partial charge is 0.223 e. The van der Waals surface area contributed by atoms with Gasteiger partial charge in [-0.3, -0.25) is 9.78 Å². The number of amides is 1. The molecule has 1 amide bonds. The van der Waals surface area contributed by atoms with Crippen LogP contribution in [0, 0.1) is 5.92 Å². The number of thiazole rings is 1. The molecule has 0 radical (unpaired) electrons. The monoisotopic (exact) mass is 393 g/mol. The van der Waals surface area contributed by atoms with Gasteiger partial charge >= 0.3 is 0 Å². The van der Waals surface area contributed by atoms with Crippen LogP contribution in [0.15, 0.2) is 48.7 Å². The van der Waals surface area contributed by atoms with E-state index in [1.807, 2.05) is 36.4 Å². The molecule has 0 saturated carbocycles. The minimum Gasteiger partial charge on any atom is -0.497 e. The third-order valence-corrected chi connectivity index (χ3v) is 6.18. The number of hydrogen-bond acceptors (Lipinski definition) is 5. The van der Waals surface area contributed by atoms with E-state index in [0.29, 0.717) is 6.54 Å². The lowest BCUT2D eigenvalue weighted by Gasteiger charge is -2.20. The lowest BCUT2D eigenvalue weighted by atomic mass is 9.90. The highest BCUT2D eigenvalue weighted by Gasteiger charge is 2.27. The van der Waals surface area contributed by atoms with Gasteiger partial charge in [-0.2, -0.15) is 0 Å². The predicted molar refractivity (Wildman–Crippen MR) is 111 cm³/mol. The van der Waals surface area contributed by atoms with Crippen molar-refractivity contribution in [3.63, 3.8) is 0 Å². The average molecular weight is 394 g/mol. The first-order valence-corrected chi connectivity index (χ1v) is 10.3. The number of fused-ring (bicyclic) bond motifs is 1. The Hall–Kier alpha value is -2.73. The highest BCUT2D eigenvalue weighted by Crippen LogP contribution is 2.34. The molecule has 1 aliphatic carbocycles. The van der Waals surface area contributed by atoms with Gasteiger partial charge in [-0.25, -0.2) is 4.98 Å². The van der Waals surface area contributed by atoms with Crippen molar-refractivity contribution < 1.29 is 9.53 Å². The number of aromatic nitrogens is 2. The Balaban J connectivity index is 1.33. The lowest BCUT2D eigenvalue weighted by Crippen LogP contribution is -2.35. The van der Waals surface area contributed by atoms with Gasteiger partial charge in [0, 0.05) is 23.5 Å². The Morgan fingerprint density at radius 3 is 3.04 bits per heavy atom. The molecule has 1 atom stereocenters. The van der Waals surface area contributed by atoms with Gasteiger partial charge in [-0.15, -0.1) is 11.3 Å². The number of benzene rings is 1. The van der Waals surface area contributed by atoms with Crippen molar-refractivity contribution in [1.29, 1.82) is 0 Å².